The number of allylic oxidation sites excluding steroid dienone is 3. The first-order valence-electron chi connectivity index (χ1n) is 4.01. The van der Waals surface area contributed by atoms with Gasteiger partial charge in [0.2, 0.25) is 0 Å². The van der Waals surface area contributed by atoms with Crippen LogP contribution in [0.3, 0.4) is 0 Å². The number of hydrogen-bond donors (Lipinski definition) is 2. The van der Waals surface area contributed by atoms with Gasteiger partial charge in [-0.3, -0.25) is 0 Å². The highest BCUT2D eigenvalue weighted by atomic mass is 15.0. The lowest BCUT2D eigenvalue weighted by atomic mass is 9.99. The maximum atomic E-state index is 5.72. The standard InChI is InChI=1S/C9H16N2/c1-6(2)8-4-7(3)11-9(10)5-8/h4-6,9,11H,10H2,1-3H3. The second-order valence-corrected chi connectivity index (χ2v) is 3.32. The van der Waals surface area contributed by atoms with Gasteiger partial charge in [0, 0.05) is 5.70 Å². The van der Waals surface area contributed by atoms with Crippen LogP contribution in [0.5, 0.6) is 0 Å². The maximum Gasteiger partial charge on any atom is 0.0938 e. The van der Waals surface area contributed by atoms with E-state index in [9.17, 15) is 0 Å². The van der Waals surface area contributed by atoms with Crippen LogP contribution in [0, 0.1) is 5.92 Å². The highest BCUT2D eigenvalue weighted by Gasteiger charge is 2.09. The van der Waals surface area contributed by atoms with Gasteiger partial charge in [-0.1, -0.05) is 13.8 Å². The summed E-state index contributed by atoms with van der Waals surface area (Å²) in [5, 5.41) is 3.13. The van der Waals surface area contributed by atoms with Gasteiger partial charge in [-0.25, -0.2) is 0 Å². The van der Waals surface area contributed by atoms with E-state index in [1.54, 1.807) is 0 Å². The Labute approximate surface area is 68.2 Å². The molecule has 1 aliphatic heterocycles. The van der Waals surface area contributed by atoms with Crippen LogP contribution in [0.15, 0.2) is 23.4 Å². The van der Waals surface area contributed by atoms with E-state index in [-0.39, 0.29) is 6.17 Å². The van der Waals surface area contributed by atoms with Gasteiger partial charge < -0.3 is 11.1 Å². The van der Waals surface area contributed by atoms with E-state index in [0.717, 1.165) is 5.70 Å². The molecule has 0 spiro atoms. The summed E-state index contributed by atoms with van der Waals surface area (Å²) in [4.78, 5) is 0. The average Bonchev–Trinajstić information content (AvgIpc) is 1.85. The van der Waals surface area contributed by atoms with E-state index in [4.69, 9.17) is 5.73 Å². The molecule has 0 aromatic carbocycles. The van der Waals surface area contributed by atoms with Gasteiger partial charge >= 0.3 is 0 Å². The molecule has 0 amide bonds. The molecule has 3 N–H and O–H groups in total. The predicted octanol–water partition coefficient (Wildman–Crippen LogP) is 1.36. The van der Waals surface area contributed by atoms with Gasteiger partial charge in [0.1, 0.15) is 0 Å². The van der Waals surface area contributed by atoms with Gasteiger partial charge in [-0.15, -0.1) is 0 Å². The summed E-state index contributed by atoms with van der Waals surface area (Å²) in [7, 11) is 0. The van der Waals surface area contributed by atoms with Crippen LogP contribution in [0.4, 0.5) is 0 Å². The number of nitrogens with two attached hydrogens (primary N) is 1. The minimum Gasteiger partial charge on any atom is -0.370 e. The Balaban J connectivity index is 2.78. The number of dihydropyridines is 1. The van der Waals surface area contributed by atoms with Crippen LogP contribution in [-0.4, -0.2) is 6.17 Å². The highest BCUT2D eigenvalue weighted by Crippen LogP contribution is 2.15. The first kappa shape index (κ1) is 8.34. The highest BCUT2D eigenvalue weighted by molar-refractivity contribution is 5.29. The Kier molecular flexibility index (Phi) is 2.35. The van der Waals surface area contributed by atoms with E-state index < -0.39 is 0 Å². The summed E-state index contributed by atoms with van der Waals surface area (Å²) in [6.07, 6.45) is 4.21. The first-order chi connectivity index (χ1) is 5.09. The van der Waals surface area contributed by atoms with Gasteiger partial charge in [-0.2, -0.15) is 0 Å². The average molecular weight is 152 g/mol. The molecule has 2 heteroatoms. The third-order valence-corrected chi connectivity index (χ3v) is 1.82. The zero-order valence-electron chi connectivity index (χ0n) is 7.39. The Morgan fingerprint density at radius 3 is 2.64 bits per heavy atom. The number of rotatable bonds is 1. The van der Waals surface area contributed by atoms with Crippen LogP contribution in [-0.2, 0) is 0 Å². The van der Waals surface area contributed by atoms with Crippen molar-refractivity contribution in [2.75, 3.05) is 0 Å². The SMILES string of the molecule is CC1=CC(C(C)C)=CC(N)N1. The summed E-state index contributed by atoms with van der Waals surface area (Å²) in [5.74, 6) is 0.568. The summed E-state index contributed by atoms with van der Waals surface area (Å²) in [6, 6.07) is 0. The third kappa shape index (κ3) is 2.09. The van der Waals surface area contributed by atoms with E-state index in [2.05, 4.69) is 31.3 Å². The zero-order chi connectivity index (χ0) is 8.43. The fourth-order valence-corrected chi connectivity index (χ4v) is 1.21. The van der Waals surface area contributed by atoms with Crippen LogP contribution < -0.4 is 11.1 Å². The quantitative estimate of drug-likeness (QED) is 0.595. The molecule has 1 aliphatic rings. The molecule has 1 heterocycles. The fourth-order valence-electron chi connectivity index (χ4n) is 1.21. The monoisotopic (exact) mass is 152 g/mol. The van der Waals surface area contributed by atoms with Crippen molar-refractivity contribution in [2.45, 2.75) is 26.9 Å². The molecule has 0 saturated heterocycles. The lowest BCUT2D eigenvalue weighted by Gasteiger charge is -2.20. The molecular weight excluding hydrogens is 136 g/mol. The zero-order valence-corrected chi connectivity index (χ0v) is 7.39. The van der Waals surface area contributed by atoms with E-state index in [1.165, 1.54) is 5.57 Å². The van der Waals surface area contributed by atoms with Crippen molar-refractivity contribution in [3.05, 3.63) is 23.4 Å². The summed E-state index contributed by atoms with van der Waals surface area (Å²) < 4.78 is 0. The van der Waals surface area contributed by atoms with Crippen molar-refractivity contribution in [1.82, 2.24) is 5.32 Å². The van der Waals surface area contributed by atoms with E-state index >= 15 is 0 Å². The molecule has 1 unspecified atom stereocenters. The molecule has 0 fully saturated rings. The largest absolute Gasteiger partial charge is 0.370 e. The summed E-state index contributed by atoms with van der Waals surface area (Å²) >= 11 is 0. The first-order valence-corrected chi connectivity index (χ1v) is 4.01. The van der Waals surface area contributed by atoms with Crippen LogP contribution in [0.25, 0.3) is 0 Å². The molecule has 0 bridgehead atoms. The van der Waals surface area contributed by atoms with Gasteiger partial charge in [0.25, 0.3) is 0 Å². The van der Waals surface area contributed by atoms with Crippen molar-refractivity contribution in [3.63, 3.8) is 0 Å². The second kappa shape index (κ2) is 3.09. The lowest BCUT2D eigenvalue weighted by molar-refractivity contribution is 0.657. The van der Waals surface area contributed by atoms with Crippen molar-refractivity contribution < 1.29 is 0 Å². The van der Waals surface area contributed by atoms with Crippen LogP contribution in [0.1, 0.15) is 20.8 Å². The normalized spacial score (nSPS) is 24.3. The van der Waals surface area contributed by atoms with Gasteiger partial charge in [-0.05, 0) is 30.6 Å². The molecule has 2 nitrogen and oxygen atoms in total. The molecule has 1 atom stereocenters. The van der Waals surface area contributed by atoms with Crippen molar-refractivity contribution in [1.29, 1.82) is 0 Å². The van der Waals surface area contributed by atoms with Crippen LogP contribution >= 0.6 is 0 Å². The van der Waals surface area contributed by atoms with Gasteiger partial charge in [0.05, 0.1) is 6.17 Å². The topological polar surface area (TPSA) is 38.0 Å². The molecular formula is C9H16N2. The summed E-state index contributed by atoms with van der Waals surface area (Å²) in [5.41, 5.74) is 8.21. The lowest BCUT2D eigenvalue weighted by Crippen LogP contribution is -2.36. The molecule has 1 rings (SSSR count). The molecule has 0 aliphatic carbocycles. The minimum absolute atomic E-state index is 0.00241. The maximum absolute atomic E-state index is 5.72. The minimum atomic E-state index is -0.00241. The molecule has 0 aromatic rings. The van der Waals surface area contributed by atoms with E-state index in [0.29, 0.717) is 5.92 Å². The fraction of sp³-hybridized carbons (Fsp3) is 0.556. The predicted molar refractivity (Wildman–Crippen MR) is 47.8 cm³/mol. The third-order valence-electron chi connectivity index (χ3n) is 1.82. The van der Waals surface area contributed by atoms with Gasteiger partial charge in [0.15, 0.2) is 0 Å². The Morgan fingerprint density at radius 2 is 2.18 bits per heavy atom. The van der Waals surface area contributed by atoms with Crippen molar-refractivity contribution in [2.24, 2.45) is 11.7 Å². The van der Waals surface area contributed by atoms with E-state index in [1.807, 2.05) is 6.92 Å². The Hall–Kier alpha value is -0.760. The summed E-state index contributed by atoms with van der Waals surface area (Å²) in [6.45, 7) is 6.39. The van der Waals surface area contributed by atoms with Crippen molar-refractivity contribution >= 4 is 0 Å². The smallest absolute Gasteiger partial charge is 0.0938 e. The van der Waals surface area contributed by atoms with Crippen LogP contribution in [0.2, 0.25) is 0 Å². The molecule has 0 saturated carbocycles. The second-order valence-electron chi connectivity index (χ2n) is 3.32. The molecule has 0 aromatic heterocycles. The molecule has 62 valence electrons. The number of hydrogen-bond acceptors (Lipinski definition) is 2. The Bertz CT molecular complexity index is 202. The molecule has 0 radical (unpaired) electrons. The number of nitrogens with one attached hydrogen (secondary N) is 1. The molecule has 11 heavy (non-hydrogen) atoms. The van der Waals surface area contributed by atoms with Crippen molar-refractivity contribution in [3.8, 4) is 0 Å². The Morgan fingerprint density at radius 1 is 1.55 bits per heavy atom.